The third kappa shape index (κ3) is 4.02. The molecule has 2 aromatic carbocycles. The number of allylic oxidation sites excluding steroid dienone is 1. The Morgan fingerprint density at radius 1 is 1.06 bits per heavy atom. The maximum absolute atomic E-state index is 13.0. The van der Waals surface area contributed by atoms with Gasteiger partial charge in [-0.1, -0.05) is 30.3 Å². The van der Waals surface area contributed by atoms with Gasteiger partial charge in [-0.3, -0.25) is 9.69 Å². The summed E-state index contributed by atoms with van der Waals surface area (Å²) in [4.78, 5) is 39.0. The molecule has 168 valence electrons. The van der Waals surface area contributed by atoms with Crippen LogP contribution in [0, 0.1) is 11.3 Å². The lowest BCUT2D eigenvalue weighted by Gasteiger charge is -2.36. The fraction of sp³-hybridized carbons (Fsp3) is 0.167. The van der Waals surface area contributed by atoms with Gasteiger partial charge in [0.2, 0.25) is 0 Å². The van der Waals surface area contributed by atoms with Crippen LogP contribution in [0.1, 0.15) is 28.8 Å². The van der Waals surface area contributed by atoms with Gasteiger partial charge in [-0.25, -0.2) is 9.59 Å². The van der Waals surface area contributed by atoms with Crippen molar-refractivity contribution in [2.24, 2.45) is 5.73 Å². The Hall–Kier alpha value is -4.58. The summed E-state index contributed by atoms with van der Waals surface area (Å²) in [5, 5.41) is 20.6. The number of methoxy groups -OCH3 is 2. The molecule has 9 nitrogen and oxygen atoms in total. The quantitative estimate of drug-likeness (QED) is 0.522. The highest BCUT2D eigenvalue weighted by Gasteiger charge is 2.43. The number of hydrogen-bond donors (Lipinski definition) is 2. The molecule has 0 aromatic heterocycles. The third-order valence-corrected chi connectivity index (χ3v) is 5.23. The molecule has 1 aliphatic heterocycles. The average Bonchev–Trinajstić information content (AvgIpc) is 2.83. The van der Waals surface area contributed by atoms with Gasteiger partial charge in [0.05, 0.1) is 43.0 Å². The Labute approximate surface area is 189 Å². The number of esters is 2. The predicted octanol–water partition coefficient (Wildman–Crippen LogP) is 2.49. The molecule has 0 radical (unpaired) electrons. The molecule has 0 spiro atoms. The van der Waals surface area contributed by atoms with Crippen LogP contribution in [0.4, 0.5) is 5.69 Å². The zero-order chi connectivity index (χ0) is 24.3. The van der Waals surface area contributed by atoms with E-state index in [1.165, 1.54) is 25.1 Å². The number of Topliss-reactive ketones (excluding diaryl/α,β-unsaturated/α-hetero) is 1. The van der Waals surface area contributed by atoms with Crippen molar-refractivity contribution in [1.29, 1.82) is 5.26 Å². The highest BCUT2D eigenvalue weighted by molar-refractivity contribution is 6.07. The summed E-state index contributed by atoms with van der Waals surface area (Å²) in [6.45, 7) is 1.33. The van der Waals surface area contributed by atoms with Crippen molar-refractivity contribution in [3.05, 3.63) is 82.3 Å². The second-order valence-electron chi connectivity index (χ2n) is 7.09. The number of rotatable bonds is 5. The first-order valence-electron chi connectivity index (χ1n) is 9.76. The Morgan fingerprint density at radius 3 is 2.24 bits per heavy atom. The second-order valence-corrected chi connectivity index (χ2v) is 7.09. The lowest BCUT2D eigenvalue weighted by atomic mass is 9.81. The minimum absolute atomic E-state index is 0.0538. The van der Waals surface area contributed by atoms with Gasteiger partial charge < -0.3 is 20.3 Å². The van der Waals surface area contributed by atoms with Crippen LogP contribution in [0.3, 0.4) is 0 Å². The molecule has 0 amide bonds. The number of phenols is 1. The highest BCUT2D eigenvalue weighted by Crippen LogP contribution is 2.45. The van der Waals surface area contributed by atoms with Gasteiger partial charge in [-0.05, 0) is 30.7 Å². The van der Waals surface area contributed by atoms with E-state index in [1.807, 2.05) is 6.07 Å². The normalized spacial score (nSPS) is 15.7. The van der Waals surface area contributed by atoms with Gasteiger partial charge in [0.15, 0.2) is 5.78 Å². The third-order valence-electron chi connectivity index (χ3n) is 5.23. The Kier molecular flexibility index (Phi) is 6.49. The first-order chi connectivity index (χ1) is 15.8. The molecule has 0 bridgehead atoms. The number of anilines is 1. The van der Waals surface area contributed by atoms with Crippen molar-refractivity contribution in [2.45, 2.75) is 12.8 Å². The van der Waals surface area contributed by atoms with E-state index in [0.717, 1.165) is 19.1 Å². The lowest BCUT2D eigenvalue weighted by molar-refractivity contribution is -0.139. The van der Waals surface area contributed by atoms with Crippen LogP contribution in [0.5, 0.6) is 5.75 Å². The summed E-state index contributed by atoms with van der Waals surface area (Å²) in [7, 11) is 2.25. The van der Waals surface area contributed by atoms with E-state index < -0.39 is 17.9 Å². The molecule has 1 heterocycles. The van der Waals surface area contributed by atoms with E-state index in [9.17, 15) is 24.8 Å². The van der Waals surface area contributed by atoms with Crippen LogP contribution in [0.15, 0.2) is 71.2 Å². The molecule has 1 aliphatic rings. The van der Waals surface area contributed by atoms with Gasteiger partial charge in [0.1, 0.15) is 17.3 Å². The molecule has 0 saturated heterocycles. The van der Waals surface area contributed by atoms with Crippen molar-refractivity contribution in [3.8, 4) is 11.8 Å². The summed E-state index contributed by atoms with van der Waals surface area (Å²) in [5.41, 5.74) is 6.42. The van der Waals surface area contributed by atoms with Crippen LogP contribution < -0.4 is 10.6 Å². The molecule has 0 fully saturated rings. The van der Waals surface area contributed by atoms with Gasteiger partial charge >= 0.3 is 11.9 Å². The topological polar surface area (TPSA) is 143 Å². The fourth-order valence-electron chi connectivity index (χ4n) is 3.69. The summed E-state index contributed by atoms with van der Waals surface area (Å²) < 4.78 is 9.88. The number of aromatic hydroxyl groups is 1. The first kappa shape index (κ1) is 23.1. The summed E-state index contributed by atoms with van der Waals surface area (Å²) in [5.74, 6) is -3.75. The maximum atomic E-state index is 13.0. The number of hydrogen-bond acceptors (Lipinski definition) is 9. The Balaban J connectivity index is 2.46. The van der Waals surface area contributed by atoms with Crippen LogP contribution in [0.25, 0.3) is 0 Å². The number of phenolic OH excluding ortho intramolecular Hbond substituents is 1. The number of nitriles is 1. The first-order valence-corrected chi connectivity index (χ1v) is 9.76. The largest absolute Gasteiger partial charge is 0.506 e. The zero-order valence-corrected chi connectivity index (χ0v) is 18.2. The van der Waals surface area contributed by atoms with Crippen LogP contribution in [-0.4, -0.2) is 37.0 Å². The molecule has 3 N–H and O–H groups in total. The number of nitrogens with two attached hydrogens (primary N) is 1. The minimum atomic E-state index is -1.04. The summed E-state index contributed by atoms with van der Waals surface area (Å²) in [6.07, 6.45) is 0. The van der Waals surface area contributed by atoms with E-state index >= 15 is 0 Å². The van der Waals surface area contributed by atoms with Gasteiger partial charge in [0.25, 0.3) is 0 Å². The fourth-order valence-corrected chi connectivity index (χ4v) is 3.69. The van der Waals surface area contributed by atoms with E-state index in [0.29, 0.717) is 5.56 Å². The van der Waals surface area contributed by atoms with Gasteiger partial charge in [0, 0.05) is 5.56 Å². The minimum Gasteiger partial charge on any atom is -0.506 e. The Morgan fingerprint density at radius 2 is 1.70 bits per heavy atom. The molecule has 9 heteroatoms. The van der Waals surface area contributed by atoms with Crippen LogP contribution >= 0.6 is 0 Å². The molecule has 3 rings (SSSR count). The Bertz CT molecular complexity index is 1240. The average molecular weight is 447 g/mol. The molecular formula is C24H21N3O6. The van der Waals surface area contributed by atoms with Crippen LogP contribution in [-0.2, 0) is 19.1 Å². The predicted molar refractivity (Wildman–Crippen MR) is 118 cm³/mol. The van der Waals surface area contributed by atoms with Crippen molar-refractivity contribution >= 4 is 23.4 Å². The molecule has 33 heavy (non-hydrogen) atoms. The maximum Gasteiger partial charge on any atom is 0.355 e. The lowest BCUT2D eigenvalue weighted by Crippen LogP contribution is -2.40. The highest BCUT2D eigenvalue weighted by atomic mass is 16.5. The molecule has 1 atom stereocenters. The molecule has 0 saturated carbocycles. The van der Waals surface area contributed by atoms with E-state index in [-0.39, 0.29) is 45.4 Å². The van der Waals surface area contributed by atoms with Crippen molar-refractivity contribution in [2.75, 3.05) is 19.1 Å². The SMILES string of the molecule is COC(=O)C1=C(C(=O)OC)N(c2cc(C(C)=O)ccc2O)C(N)=C(C#N)C1c1ccccc1. The number of ether oxygens (including phenoxy) is 2. The summed E-state index contributed by atoms with van der Waals surface area (Å²) >= 11 is 0. The van der Waals surface area contributed by atoms with Crippen molar-refractivity contribution < 1.29 is 29.0 Å². The molecule has 2 aromatic rings. The standard InChI is InChI=1S/C24H21N3O6/c1-13(28)15-9-10-18(29)17(11-15)27-21(24(31)33-3)20(23(30)32-2)19(16(12-25)22(27)26)14-7-5-4-6-8-14/h4-11,19,29H,26H2,1-3H3. The van der Waals surface area contributed by atoms with Gasteiger partial charge in [-0.2, -0.15) is 5.26 Å². The smallest absolute Gasteiger partial charge is 0.355 e. The number of ketones is 1. The second kappa shape index (κ2) is 9.28. The van der Waals surface area contributed by atoms with Crippen molar-refractivity contribution in [3.63, 3.8) is 0 Å². The molecule has 1 unspecified atom stereocenters. The number of carbonyl (C=O) groups is 3. The van der Waals surface area contributed by atoms with Crippen LogP contribution in [0.2, 0.25) is 0 Å². The number of nitrogens with zero attached hydrogens (tertiary/aromatic N) is 2. The van der Waals surface area contributed by atoms with Crippen molar-refractivity contribution in [1.82, 2.24) is 0 Å². The number of benzene rings is 2. The number of carbonyl (C=O) groups excluding carboxylic acids is 3. The van der Waals surface area contributed by atoms with E-state index in [1.54, 1.807) is 30.3 Å². The van der Waals surface area contributed by atoms with Gasteiger partial charge in [-0.15, -0.1) is 0 Å². The van der Waals surface area contributed by atoms with E-state index in [2.05, 4.69) is 0 Å². The molecular weight excluding hydrogens is 426 g/mol. The monoisotopic (exact) mass is 447 g/mol. The molecule has 0 aliphatic carbocycles. The zero-order valence-electron chi connectivity index (χ0n) is 18.2. The van der Waals surface area contributed by atoms with E-state index in [4.69, 9.17) is 15.2 Å². The summed E-state index contributed by atoms with van der Waals surface area (Å²) in [6, 6.07) is 14.5.